The van der Waals surface area contributed by atoms with Crippen LogP contribution in [0.4, 0.5) is 0 Å². The average Bonchev–Trinajstić information content (AvgIpc) is 2.28. The van der Waals surface area contributed by atoms with Crippen molar-refractivity contribution in [3.8, 4) is 0 Å². The van der Waals surface area contributed by atoms with Gasteiger partial charge in [0.15, 0.2) is 0 Å². The number of nitrogens with two attached hydrogens (primary N) is 1. The maximum absolute atomic E-state index is 11.7. The first kappa shape index (κ1) is 13.2. The van der Waals surface area contributed by atoms with Gasteiger partial charge < -0.3 is 10.8 Å². The Morgan fingerprint density at radius 3 is 2.29 bits per heavy atom. The molecule has 0 aliphatic rings. The number of aliphatic carboxylic acids is 1. The monoisotopic (exact) mass is 253 g/mol. The summed E-state index contributed by atoms with van der Waals surface area (Å²) in [6, 6.07) is 8.27. The number of hydrogen-bond donors (Lipinski definition) is 2. The minimum atomic E-state index is -1.22. The lowest BCUT2D eigenvalue weighted by molar-refractivity contribution is -0.137. The Hall–Kier alpha value is -1.82. The van der Waals surface area contributed by atoms with Gasteiger partial charge in [0, 0.05) is 12.0 Å². The third-order valence-corrected chi connectivity index (χ3v) is 3.02. The molecule has 1 amide bonds. The van der Waals surface area contributed by atoms with Crippen molar-refractivity contribution in [1.29, 1.82) is 0 Å². The molecule has 3 N–H and O–H groups in total. The molecule has 1 aromatic rings. The van der Waals surface area contributed by atoms with E-state index in [1.165, 1.54) is 0 Å². The number of amides is 1. The van der Waals surface area contributed by atoms with Gasteiger partial charge in [0.05, 0.1) is 0 Å². The fourth-order valence-electron chi connectivity index (χ4n) is 1.13. The Morgan fingerprint density at radius 2 is 1.82 bits per heavy atom. The highest BCUT2D eigenvalue weighted by Gasteiger charge is 2.24. The van der Waals surface area contributed by atoms with Crippen molar-refractivity contribution >= 4 is 28.8 Å². The summed E-state index contributed by atoms with van der Waals surface area (Å²) in [6.07, 6.45) is -0.363. The summed E-state index contributed by atoms with van der Waals surface area (Å²) in [7, 11) is 0. The highest BCUT2D eigenvalue weighted by atomic mass is 32.2. The predicted molar refractivity (Wildman–Crippen MR) is 63.6 cm³/mol. The van der Waals surface area contributed by atoms with Crippen LogP contribution in [-0.2, 0) is 9.59 Å². The van der Waals surface area contributed by atoms with E-state index in [1.807, 2.05) is 0 Å². The molecular formula is C11H11NO4S. The van der Waals surface area contributed by atoms with Gasteiger partial charge in [-0.25, -0.2) is 0 Å². The molecule has 0 saturated heterocycles. The smallest absolute Gasteiger partial charge is 0.317 e. The summed E-state index contributed by atoms with van der Waals surface area (Å²) >= 11 is 0.595. The number of thioether (sulfide) groups is 1. The first-order chi connectivity index (χ1) is 8.00. The summed E-state index contributed by atoms with van der Waals surface area (Å²) in [5, 5.41) is 7.31. The van der Waals surface area contributed by atoms with Crippen LogP contribution in [0.25, 0.3) is 0 Å². The molecule has 90 valence electrons. The molecule has 6 heteroatoms. The molecular weight excluding hydrogens is 242 g/mol. The van der Waals surface area contributed by atoms with Crippen LogP contribution in [0.2, 0.25) is 0 Å². The molecule has 0 unspecified atom stereocenters. The molecule has 0 bridgehead atoms. The van der Waals surface area contributed by atoms with Crippen LogP contribution in [0.5, 0.6) is 0 Å². The normalized spacial score (nSPS) is 11.8. The van der Waals surface area contributed by atoms with Crippen molar-refractivity contribution in [1.82, 2.24) is 0 Å². The number of hydrogen-bond acceptors (Lipinski definition) is 4. The van der Waals surface area contributed by atoms with E-state index in [9.17, 15) is 14.4 Å². The molecule has 0 saturated carbocycles. The first-order valence-electron chi connectivity index (χ1n) is 4.78. The van der Waals surface area contributed by atoms with Gasteiger partial charge in [-0.05, 0) is 0 Å². The number of benzene rings is 1. The van der Waals surface area contributed by atoms with Crippen molar-refractivity contribution < 1.29 is 19.5 Å². The van der Waals surface area contributed by atoms with E-state index < -0.39 is 17.1 Å². The molecule has 0 aliphatic carbocycles. The van der Waals surface area contributed by atoms with Gasteiger partial charge in [-0.15, -0.1) is 0 Å². The van der Waals surface area contributed by atoms with Gasteiger partial charge in [0.25, 0.3) is 0 Å². The van der Waals surface area contributed by atoms with Crippen LogP contribution >= 0.6 is 11.8 Å². The van der Waals surface area contributed by atoms with Crippen molar-refractivity contribution in [3.05, 3.63) is 35.9 Å². The van der Waals surface area contributed by atoms with Gasteiger partial charge in [-0.1, -0.05) is 42.1 Å². The molecule has 0 radical (unpaired) electrons. The molecule has 5 nitrogen and oxygen atoms in total. The van der Waals surface area contributed by atoms with Crippen LogP contribution < -0.4 is 5.73 Å². The second-order valence-corrected chi connectivity index (χ2v) is 4.44. The minimum Gasteiger partial charge on any atom is -0.480 e. The van der Waals surface area contributed by atoms with Crippen LogP contribution in [0.3, 0.4) is 0 Å². The van der Waals surface area contributed by atoms with E-state index in [2.05, 4.69) is 0 Å². The highest BCUT2D eigenvalue weighted by Crippen LogP contribution is 2.20. The zero-order chi connectivity index (χ0) is 12.8. The second-order valence-electron chi connectivity index (χ2n) is 3.27. The Kier molecular flexibility index (Phi) is 4.71. The lowest BCUT2D eigenvalue weighted by atomic mass is 10.2. The van der Waals surface area contributed by atoms with Crippen LogP contribution in [-0.4, -0.2) is 27.3 Å². The van der Waals surface area contributed by atoms with Crippen molar-refractivity contribution in [2.24, 2.45) is 5.73 Å². The molecule has 0 aromatic heterocycles. The Balaban J connectivity index is 2.71. The number of carbonyl (C=O) groups is 3. The van der Waals surface area contributed by atoms with E-state index >= 15 is 0 Å². The maximum Gasteiger partial charge on any atom is 0.317 e. The third-order valence-electron chi connectivity index (χ3n) is 1.92. The van der Waals surface area contributed by atoms with Gasteiger partial charge in [0.1, 0.15) is 5.25 Å². The first-order valence-corrected chi connectivity index (χ1v) is 5.66. The van der Waals surface area contributed by atoms with Gasteiger partial charge in [-0.3, -0.25) is 14.4 Å². The molecule has 1 rings (SSSR count). The van der Waals surface area contributed by atoms with Crippen molar-refractivity contribution in [2.75, 3.05) is 0 Å². The Labute approximate surface area is 102 Å². The van der Waals surface area contributed by atoms with Gasteiger partial charge >= 0.3 is 5.97 Å². The number of carboxylic acid groups (broad SMARTS) is 1. The summed E-state index contributed by atoms with van der Waals surface area (Å²) < 4.78 is 0. The number of carboxylic acids is 1. The molecule has 0 fully saturated rings. The summed E-state index contributed by atoms with van der Waals surface area (Å²) in [6.45, 7) is 0. The predicted octanol–water partition coefficient (Wildman–Crippen LogP) is 0.889. The molecule has 0 heterocycles. The van der Waals surface area contributed by atoms with E-state index in [0.29, 0.717) is 17.3 Å². The van der Waals surface area contributed by atoms with Crippen LogP contribution in [0.1, 0.15) is 16.8 Å². The summed E-state index contributed by atoms with van der Waals surface area (Å²) in [5.41, 5.74) is 5.32. The standard InChI is InChI=1S/C11H11NO4S/c12-9(13)6-8(10(14)15)17-11(16)7-4-2-1-3-5-7/h1-5,8H,6H2,(H2,12,13)(H,14,15)/t8-/m1/s1. The van der Waals surface area contributed by atoms with E-state index in [-0.39, 0.29) is 11.5 Å². The lowest BCUT2D eigenvalue weighted by Crippen LogP contribution is -2.25. The Morgan fingerprint density at radius 1 is 1.24 bits per heavy atom. The Bertz CT molecular complexity index is 432. The molecule has 1 atom stereocenters. The van der Waals surface area contributed by atoms with E-state index in [0.717, 1.165) is 0 Å². The van der Waals surface area contributed by atoms with E-state index in [1.54, 1.807) is 30.3 Å². The topological polar surface area (TPSA) is 97.5 Å². The van der Waals surface area contributed by atoms with Crippen LogP contribution in [0, 0.1) is 0 Å². The zero-order valence-corrected chi connectivity index (χ0v) is 9.65. The quantitative estimate of drug-likeness (QED) is 0.812. The largest absolute Gasteiger partial charge is 0.480 e. The third kappa shape index (κ3) is 4.28. The number of rotatable bonds is 5. The minimum absolute atomic E-state index is 0.363. The van der Waals surface area contributed by atoms with Crippen molar-refractivity contribution in [2.45, 2.75) is 11.7 Å². The van der Waals surface area contributed by atoms with Crippen molar-refractivity contribution in [3.63, 3.8) is 0 Å². The molecule has 0 aliphatic heterocycles. The molecule has 0 spiro atoms. The van der Waals surface area contributed by atoms with Gasteiger partial charge in [0.2, 0.25) is 11.0 Å². The number of carbonyl (C=O) groups excluding carboxylic acids is 2. The van der Waals surface area contributed by atoms with E-state index in [4.69, 9.17) is 10.8 Å². The molecule has 17 heavy (non-hydrogen) atoms. The van der Waals surface area contributed by atoms with Gasteiger partial charge in [-0.2, -0.15) is 0 Å². The maximum atomic E-state index is 11.7. The van der Waals surface area contributed by atoms with Crippen LogP contribution in [0.15, 0.2) is 30.3 Å². The molecule has 1 aromatic carbocycles. The fourth-order valence-corrected chi connectivity index (χ4v) is 2.01. The SMILES string of the molecule is NC(=O)C[C@@H](SC(=O)c1ccccc1)C(=O)O. The lowest BCUT2D eigenvalue weighted by Gasteiger charge is -2.08. The summed E-state index contributed by atoms with van der Waals surface area (Å²) in [5.74, 6) is -1.97. The fraction of sp³-hybridized carbons (Fsp3) is 0.182. The zero-order valence-electron chi connectivity index (χ0n) is 8.83. The second kappa shape index (κ2) is 6.05. The number of primary amides is 1. The highest BCUT2D eigenvalue weighted by molar-refractivity contribution is 8.15. The summed E-state index contributed by atoms with van der Waals surface area (Å²) in [4.78, 5) is 33.2. The average molecular weight is 253 g/mol.